The van der Waals surface area contributed by atoms with Gasteiger partial charge in [-0.2, -0.15) is 0 Å². The highest BCUT2D eigenvalue weighted by molar-refractivity contribution is 5.85. The number of ether oxygens (including phenoxy) is 1. The van der Waals surface area contributed by atoms with Crippen molar-refractivity contribution in [2.75, 3.05) is 20.2 Å². The van der Waals surface area contributed by atoms with Gasteiger partial charge in [-0.1, -0.05) is 56.7 Å². The number of benzene rings is 1. The Labute approximate surface area is 154 Å². The first-order valence-electron chi connectivity index (χ1n) is 9.74. The van der Waals surface area contributed by atoms with Gasteiger partial charge < -0.3 is 9.64 Å². The highest BCUT2D eigenvalue weighted by Crippen LogP contribution is 2.29. The van der Waals surface area contributed by atoms with E-state index in [9.17, 15) is 0 Å². The topological polar surface area (TPSA) is 12.5 Å². The van der Waals surface area contributed by atoms with Crippen LogP contribution in [0.15, 0.2) is 24.3 Å². The zero-order chi connectivity index (χ0) is 15.9. The van der Waals surface area contributed by atoms with Crippen molar-refractivity contribution in [3.63, 3.8) is 0 Å². The van der Waals surface area contributed by atoms with Gasteiger partial charge in [-0.05, 0) is 56.8 Å². The third-order valence-corrected chi connectivity index (χ3v) is 5.87. The van der Waals surface area contributed by atoms with Crippen LogP contribution >= 0.6 is 12.4 Å². The second-order valence-corrected chi connectivity index (χ2v) is 7.59. The van der Waals surface area contributed by atoms with Crippen molar-refractivity contribution in [2.45, 2.75) is 70.3 Å². The van der Waals surface area contributed by atoms with E-state index in [-0.39, 0.29) is 12.4 Å². The normalized spacial score (nSPS) is 22.8. The Morgan fingerprint density at radius 3 is 2.54 bits per heavy atom. The summed E-state index contributed by atoms with van der Waals surface area (Å²) in [7, 11) is 2.24. The number of hydrogen-bond donors (Lipinski definition) is 0. The van der Waals surface area contributed by atoms with E-state index >= 15 is 0 Å². The molecule has 24 heavy (non-hydrogen) atoms. The van der Waals surface area contributed by atoms with E-state index in [0.717, 1.165) is 18.3 Å². The zero-order valence-corrected chi connectivity index (χ0v) is 16.0. The van der Waals surface area contributed by atoms with Crippen molar-refractivity contribution in [1.29, 1.82) is 0 Å². The van der Waals surface area contributed by atoms with Gasteiger partial charge in [-0.3, -0.25) is 0 Å². The SMILES string of the molecule is CN1CCCCC1COc1ccccc1CCC1CCCCC1.Cl. The molecule has 0 amide bonds. The van der Waals surface area contributed by atoms with Crippen LogP contribution in [0.5, 0.6) is 5.75 Å². The predicted molar refractivity (Wildman–Crippen MR) is 104 cm³/mol. The molecule has 1 aliphatic carbocycles. The highest BCUT2D eigenvalue weighted by Gasteiger charge is 2.20. The average molecular weight is 352 g/mol. The number of likely N-dealkylation sites (tertiary alicyclic amines) is 1. The summed E-state index contributed by atoms with van der Waals surface area (Å²) in [5.74, 6) is 2.07. The van der Waals surface area contributed by atoms with Gasteiger partial charge in [0.2, 0.25) is 0 Å². The molecular weight excluding hydrogens is 318 g/mol. The minimum Gasteiger partial charge on any atom is -0.492 e. The Morgan fingerprint density at radius 1 is 1.00 bits per heavy atom. The second kappa shape index (κ2) is 10.3. The van der Waals surface area contributed by atoms with Gasteiger partial charge in [-0.15, -0.1) is 12.4 Å². The van der Waals surface area contributed by atoms with E-state index < -0.39 is 0 Å². The van der Waals surface area contributed by atoms with E-state index in [4.69, 9.17) is 4.74 Å². The fourth-order valence-corrected chi connectivity index (χ4v) is 4.23. The number of rotatable bonds is 6. The Kier molecular flexibility index (Phi) is 8.41. The lowest BCUT2D eigenvalue weighted by Gasteiger charge is -2.32. The van der Waals surface area contributed by atoms with E-state index in [1.54, 1.807) is 0 Å². The second-order valence-electron chi connectivity index (χ2n) is 7.59. The van der Waals surface area contributed by atoms with Crippen LogP contribution in [-0.4, -0.2) is 31.1 Å². The van der Waals surface area contributed by atoms with Gasteiger partial charge in [0, 0.05) is 6.04 Å². The van der Waals surface area contributed by atoms with Crippen LogP contribution in [0.25, 0.3) is 0 Å². The number of aryl methyl sites for hydroxylation is 1. The lowest BCUT2D eigenvalue weighted by Crippen LogP contribution is -2.40. The van der Waals surface area contributed by atoms with Crippen molar-refractivity contribution >= 4 is 12.4 Å². The van der Waals surface area contributed by atoms with Crippen molar-refractivity contribution in [1.82, 2.24) is 4.90 Å². The first-order valence-corrected chi connectivity index (χ1v) is 9.74. The van der Waals surface area contributed by atoms with Crippen LogP contribution in [0.4, 0.5) is 0 Å². The molecule has 0 spiro atoms. The smallest absolute Gasteiger partial charge is 0.122 e. The molecule has 1 aromatic rings. The molecule has 1 heterocycles. The van der Waals surface area contributed by atoms with Crippen LogP contribution in [-0.2, 0) is 6.42 Å². The molecule has 1 unspecified atom stereocenters. The quantitative estimate of drug-likeness (QED) is 0.672. The monoisotopic (exact) mass is 351 g/mol. The molecular formula is C21H34ClNO. The van der Waals surface area contributed by atoms with E-state index in [1.165, 1.54) is 76.3 Å². The molecule has 1 aromatic carbocycles. The van der Waals surface area contributed by atoms with Crippen LogP contribution in [0, 0.1) is 5.92 Å². The maximum absolute atomic E-state index is 6.25. The molecule has 0 aromatic heterocycles. The third-order valence-electron chi connectivity index (χ3n) is 5.87. The summed E-state index contributed by atoms with van der Waals surface area (Å²) in [5, 5.41) is 0. The fourth-order valence-electron chi connectivity index (χ4n) is 4.23. The van der Waals surface area contributed by atoms with Gasteiger partial charge in [0.1, 0.15) is 12.4 Å². The molecule has 1 saturated heterocycles. The van der Waals surface area contributed by atoms with Gasteiger partial charge >= 0.3 is 0 Å². The number of piperidine rings is 1. The zero-order valence-electron chi connectivity index (χ0n) is 15.2. The summed E-state index contributed by atoms with van der Waals surface area (Å²) in [6, 6.07) is 9.30. The molecule has 2 fully saturated rings. The minimum absolute atomic E-state index is 0. The van der Waals surface area contributed by atoms with E-state index in [1.807, 2.05) is 0 Å². The first kappa shape index (κ1) is 19.6. The third kappa shape index (κ3) is 5.67. The van der Waals surface area contributed by atoms with Crippen LogP contribution < -0.4 is 4.74 Å². The fraction of sp³-hybridized carbons (Fsp3) is 0.714. The molecule has 0 radical (unpaired) electrons. The molecule has 3 rings (SSSR count). The average Bonchev–Trinajstić information content (AvgIpc) is 2.61. The largest absolute Gasteiger partial charge is 0.492 e. The maximum Gasteiger partial charge on any atom is 0.122 e. The van der Waals surface area contributed by atoms with Crippen LogP contribution in [0.1, 0.15) is 63.4 Å². The Balaban J connectivity index is 0.00000208. The number of para-hydroxylation sites is 1. The molecule has 3 heteroatoms. The minimum atomic E-state index is 0. The molecule has 0 N–H and O–H groups in total. The van der Waals surface area contributed by atoms with Crippen molar-refractivity contribution in [3.8, 4) is 5.75 Å². The number of hydrogen-bond acceptors (Lipinski definition) is 2. The van der Waals surface area contributed by atoms with E-state index in [2.05, 4.69) is 36.2 Å². The van der Waals surface area contributed by atoms with Gasteiger partial charge in [0.05, 0.1) is 0 Å². The van der Waals surface area contributed by atoms with Gasteiger partial charge in [-0.25, -0.2) is 0 Å². The van der Waals surface area contributed by atoms with Gasteiger partial charge in [0.25, 0.3) is 0 Å². The van der Waals surface area contributed by atoms with Crippen LogP contribution in [0.3, 0.4) is 0 Å². The summed E-state index contributed by atoms with van der Waals surface area (Å²) >= 11 is 0. The Bertz CT molecular complexity index is 473. The standard InChI is InChI=1S/C21H33NO.ClH/c1-22-16-8-7-12-20(22)17-23-21-13-6-5-11-19(21)15-14-18-9-3-2-4-10-18;/h5-6,11,13,18,20H,2-4,7-10,12,14-17H2,1H3;1H. The summed E-state index contributed by atoms with van der Waals surface area (Å²) in [4.78, 5) is 2.47. The Hall–Kier alpha value is -0.730. The molecule has 1 aliphatic heterocycles. The number of halogens is 1. The first-order chi connectivity index (χ1) is 11.3. The lowest BCUT2D eigenvalue weighted by molar-refractivity contribution is 0.124. The van der Waals surface area contributed by atoms with E-state index in [0.29, 0.717) is 6.04 Å². The molecule has 0 bridgehead atoms. The predicted octanol–water partition coefficient (Wildman–Crippen LogP) is 5.48. The van der Waals surface area contributed by atoms with Crippen molar-refractivity contribution < 1.29 is 4.74 Å². The lowest BCUT2D eigenvalue weighted by atomic mass is 9.85. The number of likely N-dealkylation sites (N-methyl/N-ethyl adjacent to an activating group) is 1. The molecule has 2 nitrogen and oxygen atoms in total. The summed E-state index contributed by atoms with van der Waals surface area (Å²) in [6.07, 6.45) is 13.7. The van der Waals surface area contributed by atoms with Gasteiger partial charge in [0.15, 0.2) is 0 Å². The van der Waals surface area contributed by atoms with Crippen molar-refractivity contribution in [2.24, 2.45) is 5.92 Å². The summed E-state index contributed by atoms with van der Waals surface area (Å²) < 4.78 is 6.25. The van der Waals surface area contributed by atoms with Crippen molar-refractivity contribution in [3.05, 3.63) is 29.8 Å². The summed E-state index contributed by atoms with van der Waals surface area (Å²) in [5.41, 5.74) is 1.41. The van der Waals surface area contributed by atoms with Crippen LogP contribution in [0.2, 0.25) is 0 Å². The maximum atomic E-state index is 6.25. The molecule has 1 atom stereocenters. The summed E-state index contributed by atoms with van der Waals surface area (Å²) in [6.45, 7) is 2.06. The highest BCUT2D eigenvalue weighted by atomic mass is 35.5. The molecule has 2 aliphatic rings. The molecule has 136 valence electrons. The number of nitrogens with zero attached hydrogens (tertiary/aromatic N) is 1. The Morgan fingerprint density at radius 2 is 1.75 bits per heavy atom. The molecule has 1 saturated carbocycles.